The summed E-state index contributed by atoms with van der Waals surface area (Å²) in [6.07, 6.45) is 0. The predicted octanol–water partition coefficient (Wildman–Crippen LogP) is 2.58. The number of rotatable bonds is 7. The Labute approximate surface area is 181 Å². The number of hydrogen-bond donors (Lipinski definition) is 2. The molecule has 0 radical (unpaired) electrons. The lowest BCUT2D eigenvalue weighted by Gasteiger charge is -2.41. The third kappa shape index (κ3) is 8.23. The van der Waals surface area contributed by atoms with Crippen LogP contribution >= 0.6 is 24.0 Å². The Morgan fingerprint density at radius 3 is 2.37 bits per heavy atom. The van der Waals surface area contributed by atoms with E-state index in [1.54, 1.807) is 7.05 Å². The van der Waals surface area contributed by atoms with E-state index >= 15 is 0 Å². The maximum atomic E-state index is 5.84. The van der Waals surface area contributed by atoms with Crippen LogP contribution in [-0.4, -0.2) is 69.4 Å². The summed E-state index contributed by atoms with van der Waals surface area (Å²) in [5, 5.41) is 6.74. The van der Waals surface area contributed by atoms with Crippen LogP contribution in [-0.2, 0) is 4.74 Å². The molecule has 0 atom stereocenters. The summed E-state index contributed by atoms with van der Waals surface area (Å²) in [6.45, 7) is 14.4. The van der Waals surface area contributed by atoms with Gasteiger partial charge in [0.15, 0.2) is 5.96 Å². The molecule has 7 heteroatoms. The van der Waals surface area contributed by atoms with E-state index in [9.17, 15) is 0 Å². The minimum atomic E-state index is 0. The molecule has 2 rings (SSSR count). The predicted molar refractivity (Wildman–Crippen MR) is 123 cm³/mol. The zero-order valence-electron chi connectivity index (χ0n) is 17.3. The number of ether oxygens (including phenoxy) is 2. The molecule has 1 heterocycles. The Balaban J connectivity index is 0.00000364. The zero-order chi connectivity index (χ0) is 19.0. The monoisotopic (exact) mass is 490 g/mol. The van der Waals surface area contributed by atoms with Gasteiger partial charge in [-0.1, -0.05) is 6.07 Å². The minimum Gasteiger partial charge on any atom is -0.492 e. The van der Waals surface area contributed by atoms with Gasteiger partial charge >= 0.3 is 0 Å². The smallest absolute Gasteiger partial charge is 0.191 e. The van der Waals surface area contributed by atoms with Gasteiger partial charge in [-0.05, 0) is 51.0 Å². The second-order valence-corrected chi connectivity index (χ2v) is 7.44. The maximum absolute atomic E-state index is 5.84. The Morgan fingerprint density at radius 1 is 1.15 bits per heavy atom. The highest BCUT2D eigenvalue weighted by Gasteiger charge is 2.28. The molecule has 0 amide bonds. The first-order valence-electron chi connectivity index (χ1n) is 9.39. The Hall–Kier alpha value is -1.06. The lowest BCUT2D eigenvalue weighted by Crippen LogP contribution is -2.56. The van der Waals surface area contributed by atoms with Gasteiger partial charge in [0.2, 0.25) is 0 Å². The van der Waals surface area contributed by atoms with Crippen LogP contribution in [0.15, 0.2) is 23.2 Å². The Morgan fingerprint density at radius 2 is 1.78 bits per heavy atom. The van der Waals surface area contributed by atoms with Gasteiger partial charge in [-0.3, -0.25) is 9.89 Å². The summed E-state index contributed by atoms with van der Waals surface area (Å²) in [7, 11) is 1.79. The second-order valence-electron chi connectivity index (χ2n) is 7.44. The van der Waals surface area contributed by atoms with E-state index in [1.807, 2.05) is 0 Å². The van der Waals surface area contributed by atoms with Crippen molar-refractivity contribution < 1.29 is 9.47 Å². The number of nitrogens with zero attached hydrogens (tertiary/aromatic N) is 2. The van der Waals surface area contributed by atoms with E-state index in [0.717, 1.165) is 44.6 Å². The quantitative estimate of drug-likeness (QED) is 0.267. The van der Waals surface area contributed by atoms with Crippen molar-refractivity contribution >= 4 is 29.9 Å². The van der Waals surface area contributed by atoms with Crippen molar-refractivity contribution in [3.63, 3.8) is 0 Å². The van der Waals surface area contributed by atoms with Crippen LogP contribution in [0.1, 0.15) is 25.0 Å². The maximum Gasteiger partial charge on any atom is 0.191 e. The van der Waals surface area contributed by atoms with Gasteiger partial charge in [0.05, 0.1) is 19.8 Å². The molecule has 2 N–H and O–H groups in total. The molecule has 0 bridgehead atoms. The fourth-order valence-corrected chi connectivity index (χ4v) is 3.16. The number of morpholine rings is 1. The van der Waals surface area contributed by atoms with Crippen LogP contribution in [0.2, 0.25) is 0 Å². The first-order valence-corrected chi connectivity index (χ1v) is 9.39. The number of halogens is 1. The molecule has 27 heavy (non-hydrogen) atoms. The summed E-state index contributed by atoms with van der Waals surface area (Å²) in [6, 6.07) is 6.27. The van der Waals surface area contributed by atoms with E-state index in [4.69, 9.17) is 9.47 Å². The van der Waals surface area contributed by atoms with E-state index in [0.29, 0.717) is 13.2 Å². The molecule has 0 aromatic heterocycles. The second kappa shape index (κ2) is 11.7. The number of benzene rings is 1. The van der Waals surface area contributed by atoms with Gasteiger partial charge in [-0.25, -0.2) is 0 Å². The van der Waals surface area contributed by atoms with E-state index in [1.165, 1.54) is 11.1 Å². The molecular weight excluding hydrogens is 455 g/mol. The highest BCUT2D eigenvalue weighted by molar-refractivity contribution is 14.0. The summed E-state index contributed by atoms with van der Waals surface area (Å²) < 4.78 is 11.3. The van der Waals surface area contributed by atoms with Crippen LogP contribution in [0.5, 0.6) is 5.75 Å². The van der Waals surface area contributed by atoms with Crippen molar-refractivity contribution in [1.29, 1.82) is 0 Å². The number of hydrogen-bond acceptors (Lipinski definition) is 4. The minimum absolute atomic E-state index is 0. The molecule has 0 saturated carbocycles. The lowest BCUT2D eigenvalue weighted by atomic mass is 10.0. The van der Waals surface area contributed by atoms with Crippen LogP contribution < -0.4 is 15.4 Å². The fraction of sp³-hybridized carbons (Fsp3) is 0.650. The third-order valence-corrected chi connectivity index (χ3v) is 4.64. The van der Waals surface area contributed by atoms with E-state index in [-0.39, 0.29) is 29.5 Å². The first-order chi connectivity index (χ1) is 12.4. The van der Waals surface area contributed by atoms with E-state index in [2.05, 4.69) is 66.4 Å². The average molecular weight is 490 g/mol. The van der Waals surface area contributed by atoms with Crippen molar-refractivity contribution in [3.05, 3.63) is 29.3 Å². The summed E-state index contributed by atoms with van der Waals surface area (Å²) in [5.74, 6) is 1.72. The molecule has 1 saturated heterocycles. The summed E-state index contributed by atoms with van der Waals surface area (Å²) in [5.41, 5.74) is 2.49. The number of guanidine groups is 1. The molecule has 0 aliphatic carbocycles. The van der Waals surface area contributed by atoms with Crippen molar-refractivity contribution in [2.45, 2.75) is 33.2 Å². The van der Waals surface area contributed by atoms with Crippen LogP contribution in [0, 0.1) is 13.8 Å². The Kier molecular flexibility index (Phi) is 10.4. The standard InChI is InChI=1S/C20H34N4O2.HI/c1-16-12-17(2)14-18(13-16)26-9-6-22-19(21-5)23-15-20(3,4)24-7-10-25-11-8-24;/h12-14H,6-11,15H2,1-5H3,(H2,21,22,23);1H. The molecule has 0 spiro atoms. The van der Waals surface area contributed by atoms with Gasteiger partial charge in [-0.15, -0.1) is 24.0 Å². The van der Waals surface area contributed by atoms with Gasteiger partial charge < -0.3 is 20.1 Å². The van der Waals surface area contributed by atoms with Gasteiger partial charge in [0.1, 0.15) is 12.4 Å². The van der Waals surface area contributed by atoms with Gasteiger partial charge in [0.25, 0.3) is 0 Å². The highest BCUT2D eigenvalue weighted by Crippen LogP contribution is 2.16. The van der Waals surface area contributed by atoms with Crippen molar-refractivity contribution in [1.82, 2.24) is 15.5 Å². The number of nitrogens with one attached hydrogen (secondary N) is 2. The van der Waals surface area contributed by atoms with E-state index < -0.39 is 0 Å². The topological polar surface area (TPSA) is 58.1 Å². The van der Waals surface area contributed by atoms with Crippen LogP contribution in [0.25, 0.3) is 0 Å². The Bertz CT molecular complexity index is 581. The van der Waals surface area contributed by atoms with Crippen LogP contribution in [0.4, 0.5) is 0 Å². The van der Waals surface area contributed by atoms with Gasteiger partial charge in [-0.2, -0.15) is 0 Å². The average Bonchev–Trinajstić information content (AvgIpc) is 2.61. The molecule has 1 fully saturated rings. The van der Waals surface area contributed by atoms with Crippen LogP contribution in [0.3, 0.4) is 0 Å². The largest absolute Gasteiger partial charge is 0.492 e. The van der Waals surface area contributed by atoms with Crippen molar-refractivity contribution in [3.8, 4) is 5.75 Å². The molecule has 0 unspecified atom stereocenters. The molecule has 1 aromatic carbocycles. The number of aliphatic imine (C=N–C) groups is 1. The molecule has 154 valence electrons. The van der Waals surface area contributed by atoms with Crippen molar-refractivity contribution in [2.24, 2.45) is 4.99 Å². The first kappa shape index (κ1) is 24.0. The van der Waals surface area contributed by atoms with Gasteiger partial charge in [0, 0.05) is 32.2 Å². The zero-order valence-corrected chi connectivity index (χ0v) is 19.6. The molecule has 1 aliphatic rings. The fourth-order valence-electron chi connectivity index (χ4n) is 3.16. The third-order valence-electron chi connectivity index (χ3n) is 4.64. The molecule has 6 nitrogen and oxygen atoms in total. The molecular formula is C20H35IN4O2. The SMILES string of the molecule is CN=C(NCCOc1cc(C)cc(C)c1)NCC(C)(C)N1CCOCC1.I. The molecule has 1 aliphatic heterocycles. The normalized spacial score (nSPS) is 15.8. The summed E-state index contributed by atoms with van der Waals surface area (Å²) in [4.78, 5) is 6.76. The molecule has 1 aromatic rings. The number of aryl methyl sites for hydroxylation is 2. The van der Waals surface area contributed by atoms with Crippen molar-refractivity contribution in [2.75, 3.05) is 53.0 Å². The lowest BCUT2D eigenvalue weighted by molar-refractivity contribution is -0.00834. The summed E-state index contributed by atoms with van der Waals surface area (Å²) >= 11 is 0. The highest BCUT2D eigenvalue weighted by atomic mass is 127.